The number of nitro benzene ring substituents is 1. The molecule has 1 aromatic carbocycles. The first-order valence-corrected chi connectivity index (χ1v) is 4.95. The third-order valence-corrected chi connectivity index (χ3v) is 2.13. The number of amides is 1. The van der Waals surface area contributed by atoms with Crippen LogP contribution in [0.3, 0.4) is 0 Å². The molecule has 0 aromatic heterocycles. The summed E-state index contributed by atoms with van der Waals surface area (Å²) in [5, 5.41) is 22.1. The van der Waals surface area contributed by atoms with E-state index in [4.69, 9.17) is 10.8 Å². The van der Waals surface area contributed by atoms with Gasteiger partial charge in [0.25, 0.3) is 5.69 Å². The van der Waals surface area contributed by atoms with E-state index in [2.05, 4.69) is 5.32 Å². The van der Waals surface area contributed by atoms with Crippen molar-refractivity contribution < 1.29 is 19.6 Å². The van der Waals surface area contributed by atoms with Crippen molar-refractivity contribution in [2.45, 2.75) is 6.42 Å². The molecule has 8 heteroatoms. The molecule has 8 nitrogen and oxygen atoms in total. The Kier molecular flexibility index (Phi) is 4.19. The summed E-state index contributed by atoms with van der Waals surface area (Å²) in [6.45, 7) is 0.0965. The number of carbonyl (C=O) groups excluding carboxylic acids is 1. The summed E-state index contributed by atoms with van der Waals surface area (Å²) in [6, 6.07) is 3.37. The molecule has 0 atom stereocenters. The number of nitro groups is 1. The minimum absolute atomic E-state index is 0.00550. The molecule has 0 bridgehead atoms. The molecule has 0 fully saturated rings. The number of primary amides is 1. The molecule has 0 aliphatic carbocycles. The maximum atomic E-state index is 10.7. The van der Waals surface area contributed by atoms with Gasteiger partial charge in [0, 0.05) is 19.0 Å². The van der Waals surface area contributed by atoms with Gasteiger partial charge in [0.2, 0.25) is 5.91 Å². The Morgan fingerprint density at radius 3 is 2.61 bits per heavy atom. The average Bonchev–Trinajstić information content (AvgIpc) is 2.27. The number of rotatable bonds is 6. The number of nitrogens with one attached hydrogen (secondary N) is 1. The van der Waals surface area contributed by atoms with Gasteiger partial charge in [-0.25, -0.2) is 4.79 Å². The lowest BCUT2D eigenvalue weighted by atomic mass is 10.1. The van der Waals surface area contributed by atoms with Gasteiger partial charge in [-0.1, -0.05) is 0 Å². The van der Waals surface area contributed by atoms with Crippen LogP contribution in [0.15, 0.2) is 18.2 Å². The van der Waals surface area contributed by atoms with Crippen LogP contribution in [0.2, 0.25) is 0 Å². The van der Waals surface area contributed by atoms with E-state index in [1.807, 2.05) is 0 Å². The molecule has 0 saturated heterocycles. The minimum atomic E-state index is -1.19. The number of aromatic carboxylic acids is 1. The Balaban J connectivity index is 2.96. The van der Waals surface area contributed by atoms with Gasteiger partial charge in [-0.15, -0.1) is 0 Å². The molecule has 0 aliphatic heterocycles. The highest BCUT2D eigenvalue weighted by molar-refractivity contribution is 5.90. The standard InChI is InChI=1S/C10H11N3O5/c11-9(14)3-4-12-7-5-6(10(15)16)1-2-8(7)13(17)18/h1-2,5,12H,3-4H2,(H2,11,14)(H,15,16). The lowest BCUT2D eigenvalue weighted by Crippen LogP contribution is -2.16. The maximum Gasteiger partial charge on any atom is 0.335 e. The van der Waals surface area contributed by atoms with Gasteiger partial charge >= 0.3 is 5.97 Å². The highest BCUT2D eigenvalue weighted by Crippen LogP contribution is 2.25. The van der Waals surface area contributed by atoms with E-state index in [-0.39, 0.29) is 29.9 Å². The van der Waals surface area contributed by atoms with E-state index in [1.165, 1.54) is 0 Å². The van der Waals surface area contributed by atoms with E-state index in [0.717, 1.165) is 18.2 Å². The predicted octanol–water partition coefficient (Wildman–Crippen LogP) is 0.580. The van der Waals surface area contributed by atoms with Crippen molar-refractivity contribution in [1.82, 2.24) is 0 Å². The van der Waals surface area contributed by atoms with Crippen molar-refractivity contribution in [1.29, 1.82) is 0 Å². The van der Waals surface area contributed by atoms with Crippen LogP contribution in [-0.2, 0) is 4.79 Å². The molecule has 18 heavy (non-hydrogen) atoms. The molecule has 0 unspecified atom stereocenters. The summed E-state index contributed by atoms with van der Waals surface area (Å²) >= 11 is 0. The van der Waals surface area contributed by atoms with E-state index >= 15 is 0 Å². The number of hydrogen-bond acceptors (Lipinski definition) is 5. The third kappa shape index (κ3) is 3.44. The van der Waals surface area contributed by atoms with Crippen LogP contribution in [0, 0.1) is 10.1 Å². The summed E-state index contributed by atoms with van der Waals surface area (Å²) in [7, 11) is 0. The van der Waals surface area contributed by atoms with Gasteiger partial charge in [0.05, 0.1) is 10.5 Å². The zero-order valence-electron chi connectivity index (χ0n) is 9.25. The Bertz CT molecular complexity index is 500. The van der Waals surface area contributed by atoms with E-state index < -0.39 is 16.8 Å². The fraction of sp³-hybridized carbons (Fsp3) is 0.200. The van der Waals surface area contributed by atoms with Crippen molar-refractivity contribution in [3.63, 3.8) is 0 Å². The zero-order valence-corrected chi connectivity index (χ0v) is 9.25. The second-order valence-corrected chi connectivity index (χ2v) is 3.44. The lowest BCUT2D eigenvalue weighted by molar-refractivity contribution is -0.384. The van der Waals surface area contributed by atoms with Gasteiger partial charge < -0.3 is 16.2 Å². The fourth-order valence-electron chi connectivity index (χ4n) is 1.29. The fourth-order valence-corrected chi connectivity index (χ4v) is 1.29. The maximum absolute atomic E-state index is 10.7. The van der Waals surface area contributed by atoms with E-state index in [9.17, 15) is 19.7 Å². The molecule has 0 spiro atoms. The van der Waals surface area contributed by atoms with Crippen molar-refractivity contribution in [3.8, 4) is 0 Å². The SMILES string of the molecule is NC(=O)CCNc1cc(C(=O)O)ccc1[N+](=O)[O-]. The molecule has 0 radical (unpaired) electrons. The Morgan fingerprint density at radius 1 is 1.44 bits per heavy atom. The molecular formula is C10H11N3O5. The van der Waals surface area contributed by atoms with Gasteiger partial charge in [-0.2, -0.15) is 0 Å². The summed E-state index contributed by atoms with van der Waals surface area (Å²) < 4.78 is 0. The quantitative estimate of drug-likeness (QED) is 0.501. The summed E-state index contributed by atoms with van der Waals surface area (Å²) in [5.41, 5.74) is 4.63. The Morgan fingerprint density at radius 2 is 2.11 bits per heavy atom. The molecule has 1 amide bonds. The first-order chi connectivity index (χ1) is 8.41. The van der Waals surface area contributed by atoms with Gasteiger partial charge in [0.1, 0.15) is 5.69 Å². The van der Waals surface area contributed by atoms with Crippen LogP contribution in [0.1, 0.15) is 16.8 Å². The molecule has 0 saturated carbocycles. The first-order valence-electron chi connectivity index (χ1n) is 4.95. The lowest BCUT2D eigenvalue weighted by Gasteiger charge is -2.06. The normalized spacial score (nSPS) is 9.78. The first kappa shape index (κ1) is 13.4. The Hall–Kier alpha value is -2.64. The van der Waals surface area contributed by atoms with Gasteiger partial charge in [-0.3, -0.25) is 14.9 Å². The van der Waals surface area contributed by atoms with Crippen LogP contribution in [0.4, 0.5) is 11.4 Å². The van der Waals surface area contributed by atoms with Crippen LogP contribution < -0.4 is 11.1 Å². The zero-order chi connectivity index (χ0) is 13.7. The number of carboxylic acids is 1. The van der Waals surface area contributed by atoms with Crippen LogP contribution in [0.25, 0.3) is 0 Å². The highest BCUT2D eigenvalue weighted by atomic mass is 16.6. The van der Waals surface area contributed by atoms with Crippen molar-refractivity contribution in [2.24, 2.45) is 5.73 Å². The van der Waals surface area contributed by atoms with Crippen LogP contribution >= 0.6 is 0 Å². The number of nitrogens with two attached hydrogens (primary N) is 1. The molecule has 96 valence electrons. The smallest absolute Gasteiger partial charge is 0.335 e. The second kappa shape index (κ2) is 5.62. The average molecular weight is 253 g/mol. The summed E-state index contributed by atoms with van der Waals surface area (Å²) in [6.07, 6.45) is -0.00550. The monoisotopic (exact) mass is 253 g/mol. The number of benzene rings is 1. The van der Waals surface area contributed by atoms with Crippen LogP contribution in [0.5, 0.6) is 0 Å². The highest BCUT2D eigenvalue weighted by Gasteiger charge is 2.16. The number of nitrogens with zero attached hydrogens (tertiary/aromatic N) is 1. The number of carboxylic acid groups (broad SMARTS) is 1. The van der Waals surface area contributed by atoms with E-state index in [0.29, 0.717) is 0 Å². The predicted molar refractivity (Wildman–Crippen MR) is 62.4 cm³/mol. The topological polar surface area (TPSA) is 136 Å². The number of hydrogen-bond donors (Lipinski definition) is 3. The molecule has 1 aromatic rings. The molecule has 0 heterocycles. The third-order valence-electron chi connectivity index (χ3n) is 2.13. The minimum Gasteiger partial charge on any atom is -0.478 e. The second-order valence-electron chi connectivity index (χ2n) is 3.44. The van der Waals surface area contributed by atoms with Crippen LogP contribution in [-0.4, -0.2) is 28.5 Å². The van der Waals surface area contributed by atoms with Gasteiger partial charge in [0.15, 0.2) is 0 Å². The van der Waals surface area contributed by atoms with Crippen molar-refractivity contribution in [3.05, 3.63) is 33.9 Å². The number of carbonyl (C=O) groups is 2. The van der Waals surface area contributed by atoms with Gasteiger partial charge in [-0.05, 0) is 12.1 Å². The van der Waals surface area contributed by atoms with E-state index in [1.54, 1.807) is 0 Å². The van der Waals surface area contributed by atoms with Crippen molar-refractivity contribution >= 4 is 23.3 Å². The summed E-state index contributed by atoms with van der Waals surface area (Å²) in [5.74, 6) is -1.75. The molecule has 0 aliphatic rings. The largest absolute Gasteiger partial charge is 0.478 e. The molecular weight excluding hydrogens is 242 g/mol. The molecule has 4 N–H and O–H groups in total. The number of anilines is 1. The summed E-state index contributed by atoms with van der Waals surface area (Å²) in [4.78, 5) is 31.4. The van der Waals surface area contributed by atoms with Crippen molar-refractivity contribution in [2.75, 3.05) is 11.9 Å². The Labute approximate surface area is 102 Å². The molecule has 1 rings (SSSR count).